The van der Waals surface area contributed by atoms with Crippen LogP contribution in [0.4, 0.5) is 14.9 Å². The van der Waals surface area contributed by atoms with Gasteiger partial charge in [0.05, 0.1) is 11.3 Å². The number of carbonyl (C=O) groups is 2. The maximum Gasteiger partial charge on any atom is 0.411 e. The number of aromatic nitrogens is 1. The predicted molar refractivity (Wildman–Crippen MR) is 100 cm³/mol. The van der Waals surface area contributed by atoms with Crippen LogP contribution in [0, 0.1) is 5.82 Å². The maximum absolute atomic E-state index is 13.1. The zero-order valence-electron chi connectivity index (χ0n) is 14.9. The minimum atomic E-state index is -1.19. The second-order valence-electron chi connectivity index (χ2n) is 6.58. The largest absolute Gasteiger partial charge is 0.505 e. The molecule has 7 nitrogen and oxygen atoms in total. The summed E-state index contributed by atoms with van der Waals surface area (Å²) in [5, 5.41) is 23.2. The highest BCUT2D eigenvalue weighted by molar-refractivity contribution is 6.13. The quantitative estimate of drug-likeness (QED) is 0.647. The number of hydrogen-bond acceptors (Lipinski definition) is 4. The molecule has 3 aromatic rings. The van der Waals surface area contributed by atoms with Crippen LogP contribution >= 0.6 is 0 Å². The average molecular weight is 381 g/mol. The minimum absolute atomic E-state index is 0.0435. The molecule has 1 aliphatic heterocycles. The number of benzene rings is 2. The number of hydrogen-bond donors (Lipinski definition) is 3. The summed E-state index contributed by atoms with van der Waals surface area (Å²) in [5.41, 5.74) is 2.36. The van der Waals surface area contributed by atoms with Gasteiger partial charge < -0.3 is 15.5 Å². The molecule has 0 saturated carbocycles. The molecule has 2 aromatic carbocycles. The van der Waals surface area contributed by atoms with Crippen LogP contribution in [0.2, 0.25) is 0 Å². The molecule has 2 heterocycles. The van der Waals surface area contributed by atoms with Gasteiger partial charge in [0.1, 0.15) is 11.3 Å². The molecule has 0 spiro atoms. The first-order valence-electron chi connectivity index (χ1n) is 8.53. The first kappa shape index (κ1) is 17.7. The van der Waals surface area contributed by atoms with Gasteiger partial charge in [-0.2, -0.15) is 0 Å². The molecule has 0 atom stereocenters. The van der Waals surface area contributed by atoms with Crippen LogP contribution in [0.3, 0.4) is 0 Å². The van der Waals surface area contributed by atoms with Crippen LogP contribution in [-0.4, -0.2) is 34.2 Å². The fourth-order valence-corrected chi connectivity index (χ4v) is 3.48. The number of nitrogens with zero attached hydrogens (tertiary/aromatic N) is 2. The molecule has 8 heteroatoms. The summed E-state index contributed by atoms with van der Waals surface area (Å²) in [4.78, 5) is 29.2. The van der Waals surface area contributed by atoms with Crippen molar-refractivity contribution in [1.82, 2.24) is 10.3 Å². The van der Waals surface area contributed by atoms with Crippen molar-refractivity contribution in [3.8, 4) is 5.75 Å². The number of phenolic OH excluding ortho intramolecular Hbond substituents is 1. The Morgan fingerprint density at radius 3 is 2.64 bits per heavy atom. The molecule has 0 fully saturated rings. The van der Waals surface area contributed by atoms with Crippen LogP contribution in [0.1, 0.15) is 27.2 Å². The molecule has 0 radical (unpaired) electrons. The van der Waals surface area contributed by atoms with Crippen molar-refractivity contribution in [3.63, 3.8) is 0 Å². The number of pyridine rings is 1. The van der Waals surface area contributed by atoms with Crippen molar-refractivity contribution in [1.29, 1.82) is 0 Å². The Morgan fingerprint density at radius 1 is 1.25 bits per heavy atom. The number of amides is 2. The number of carbonyl (C=O) groups excluding carboxylic acids is 1. The van der Waals surface area contributed by atoms with Gasteiger partial charge >= 0.3 is 6.09 Å². The van der Waals surface area contributed by atoms with Crippen LogP contribution in [0.15, 0.2) is 36.4 Å². The van der Waals surface area contributed by atoms with E-state index in [0.29, 0.717) is 28.8 Å². The Balaban J connectivity index is 1.90. The van der Waals surface area contributed by atoms with Crippen molar-refractivity contribution >= 4 is 28.6 Å². The van der Waals surface area contributed by atoms with E-state index < -0.39 is 12.0 Å². The Labute approximate surface area is 159 Å². The summed E-state index contributed by atoms with van der Waals surface area (Å²) in [5.74, 6) is -1.08. The van der Waals surface area contributed by atoms with Gasteiger partial charge in [-0.3, -0.25) is 9.69 Å². The Bertz CT molecular complexity index is 1130. The topological polar surface area (TPSA) is 103 Å². The van der Waals surface area contributed by atoms with E-state index in [0.717, 1.165) is 10.5 Å². The highest BCUT2D eigenvalue weighted by Crippen LogP contribution is 2.41. The van der Waals surface area contributed by atoms with Crippen molar-refractivity contribution in [2.24, 2.45) is 0 Å². The van der Waals surface area contributed by atoms with Crippen LogP contribution < -0.4 is 10.2 Å². The van der Waals surface area contributed by atoms with E-state index in [-0.39, 0.29) is 29.2 Å². The molecule has 0 saturated heterocycles. The molecule has 3 N–H and O–H groups in total. The van der Waals surface area contributed by atoms with Crippen LogP contribution in [0.5, 0.6) is 5.75 Å². The number of nitrogens with one attached hydrogen (secondary N) is 1. The summed E-state index contributed by atoms with van der Waals surface area (Å²) >= 11 is 0. The Morgan fingerprint density at radius 2 is 1.96 bits per heavy atom. The monoisotopic (exact) mass is 381 g/mol. The number of carboxylic acid groups (broad SMARTS) is 1. The first-order valence-corrected chi connectivity index (χ1v) is 8.53. The lowest BCUT2D eigenvalue weighted by molar-refractivity contribution is 0.0963. The number of fused-ring (bicyclic) bond motifs is 2. The summed E-state index contributed by atoms with van der Waals surface area (Å²) < 4.78 is 13.1. The van der Waals surface area contributed by atoms with E-state index in [1.165, 1.54) is 19.2 Å². The van der Waals surface area contributed by atoms with Gasteiger partial charge in [0, 0.05) is 36.7 Å². The molecule has 1 aromatic heterocycles. The maximum atomic E-state index is 13.1. The number of phenols is 1. The molecule has 0 bridgehead atoms. The molecule has 28 heavy (non-hydrogen) atoms. The molecule has 0 unspecified atom stereocenters. The van der Waals surface area contributed by atoms with Crippen molar-refractivity contribution in [2.45, 2.75) is 13.0 Å². The molecule has 2 amide bonds. The zero-order valence-corrected chi connectivity index (χ0v) is 14.9. The van der Waals surface area contributed by atoms with E-state index >= 15 is 0 Å². The summed E-state index contributed by atoms with van der Waals surface area (Å²) in [6.07, 6.45) is -0.799. The molecule has 0 aliphatic carbocycles. The standard InChI is InChI=1S/C20H16FN3O4/c1-24(20(27)28)17-13-7-6-12(8-10-2-4-11(21)5-3-10)23-16(13)18(25)15-14(17)9-22-19(15)26/h2-7,25H,8-9H2,1H3,(H,22,26)(H,27,28). The lowest BCUT2D eigenvalue weighted by Crippen LogP contribution is -2.25. The second-order valence-corrected chi connectivity index (χ2v) is 6.58. The zero-order chi connectivity index (χ0) is 20.0. The Kier molecular flexibility index (Phi) is 4.11. The molecular formula is C20H16FN3O4. The van der Waals surface area contributed by atoms with Gasteiger partial charge in [0.15, 0.2) is 5.75 Å². The van der Waals surface area contributed by atoms with Crippen molar-refractivity contribution in [2.75, 3.05) is 11.9 Å². The lowest BCUT2D eigenvalue weighted by atomic mass is 9.99. The first-order chi connectivity index (χ1) is 13.4. The average Bonchev–Trinajstić information content (AvgIpc) is 3.05. The molecule has 1 aliphatic rings. The van der Waals surface area contributed by atoms with Crippen molar-refractivity contribution in [3.05, 3.63) is 64.6 Å². The molecule has 4 rings (SSSR count). The third-order valence-electron chi connectivity index (χ3n) is 4.83. The third-order valence-corrected chi connectivity index (χ3v) is 4.83. The molecule has 142 valence electrons. The van der Waals surface area contributed by atoms with Gasteiger partial charge in [0.2, 0.25) is 0 Å². The molecular weight excluding hydrogens is 365 g/mol. The van der Waals surface area contributed by atoms with Crippen LogP contribution in [-0.2, 0) is 13.0 Å². The van der Waals surface area contributed by atoms with E-state index in [1.54, 1.807) is 24.3 Å². The van der Waals surface area contributed by atoms with Gasteiger partial charge in [-0.05, 0) is 29.8 Å². The van der Waals surface area contributed by atoms with E-state index in [4.69, 9.17) is 0 Å². The number of anilines is 1. The summed E-state index contributed by atoms with van der Waals surface area (Å²) in [6, 6.07) is 9.39. The van der Waals surface area contributed by atoms with E-state index in [2.05, 4.69) is 10.3 Å². The lowest BCUT2D eigenvalue weighted by Gasteiger charge is -2.20. The highest BCUT2D eigenvalue weighted by atomic mass is 19.1. The predicted octanol–water partition coefficient (Wildman–Crippen LogP) is 3.03. The van der Waals surface area contributed by atoms with Gasteiger partial charge in [-0.15, -0.1) is 0 Å². The minimum Gasteiger partial charge on any atom is -0.505 e. The highest BCUT2D eigenvalue weighted by Gasteiger charge is 2.32. The fourth-order valence-electron chi connectivity index (χ4n) is 3.48. The second kappa shape index (κ2) is 6.49. The Hall–Kier alpha value is -3.68. The number of aromatic hydroxyl groups is 1. The number of rotatable bonds is 3. The van der Waals surface area contributed by atoms with Crippen LogP contribution in [0.25, 0.3) is 10.9 Å². The van der Waals surface area contributed by atoms with Gasteiger partial charge in [-0.25, -0.2) is 14.2 Å². The smallest absolute Gasteiger partial charge is 0.411 e. The fraction of sp³-hybridized carbons (Fsp3) is 0.150. The summed E-state index contributed by atoms with van der Waals surface area (Å²) in [6.45, 7) is 0.127. The van der Waals surface area contributed by atoms with Gasteiger partial charge in [0.25, 0.3) is 5.91 Å². The summed E-state index contributed by atoms with van der Waals surface area (Å²) in [7, 11) is 1.38. The van der Waals surface area contributed by atoms with Gasteiger partial charge in [-0.1, -0.05) is 12.1 Å². The van der Waals surface area contributed by atoms with E-state index in [9.17, 15) is 24.2 Å². The SMILES string of the molecule is CN(C(=O)O)c1c2c(c(O)c3nc(Cc4ccc(F)cc4)ccc13)C(=O)NC2. The van der Waals surface area contributed by atoms with E-state index in [1.807, 2.05) is 0 Å². The third kappa shape index (κ3) is 2.79. The van der Waals surface area contributed by atoms with Crippen molar-refractivity contribution < 1.29 is 24.2 Å². The normalized spacial score (nSPS) is 12.7. The number of halogens is 1.